The number of benzene rings is 1. The van der Waals surface area contributed by atoms with E-state index in [0.717, 1.165) is 12.4 Å². The first-order valence-corrected chi connectivity index (χ1v) is 8.22. The van der Waals surface area contributed by atoms with Crippen LogP contribution in [0.1, 0.15) is 33.3 Å². The first-order chi connectivity index (χ1) is 11.3. The molecule has 1 aromatic heterocycles. The zero-order chi connectivity index (χ0) is 17.4. The van der Waals surface area contributed by atoms with Crippen molar-refractivity contribution < 1.29 is 9.31 Å². The number of hydrogen-bond acceptors (Lipinski definition) is 5. The van der Waals surface area contributed by atoms with Gasteiger partial charge in [-0.25, -0.2) is 9.97 Å². The van der Waals surface area contributed by atoms with Gasteiger partial charge in [0.25, 0.3) is 0 Å². The highest BCUT2D eigenvalue weighted by molar-refractivity contribution is 6.60. The third-order valence-corrected chi connectivity index (χ3v) is 4.78. The summed E-state index contributed by atoms with van der Waals surface area (Å²) in [5.74, 6) is 0.846. The van der Waals surface area contributed by atoms with Crippen molar-refractivity contribution in [1.82, 2.24) is 9.97 Å². The van der Waals surface area contributed by atoms with Gasteiger partial charge in [-0.05, 0) is 39.3 Å². The number of rotatable bonds is 4. The van der Waals surface area contributed by atoms with Gasteiger partial charge in [0.1, 0.15) is 5.82 Å². The van der Waals surface area contributed by atoms with E-state index < -0.39 is 18.3 Å². The molecule has 126 valence electrons. The van der Waals surface area contributed by atoms with Gasteiger partial charge in [-0.2, -0.15) is 0 Å². The molecule has 1 aliphatic heterocycles. The summed E-state index contributed by atoms with van der Waals surface area (Å²) in [6.45, 7) is 8.88. The molecular weight excluding hydrogens is 301 g/mol. The molecule has 24 heavy (non-hydrogen) atoms. The molecule has 5 nitrogen and oxygen atoms in total. The highest BCUT2D eigenvalue weighted by atomic mass is 16.7. The Hall–Kier alpha value is -1.92. The molecule has 0 amide bonds. The summed E-state index contributed by atoms with van der Waals surface area (Å²) in [5, 5.41) is 0. The second kappa shape index (κ2) is 6.18. The molecule has 1 aliphatic rings. The Morgan fingerprint density at radius 1 is 1.00 bits per heavy atom. The van der Waals surface area contributed by atoms with E-state index in [2.05, 4.69) is 27.0 Å². The van der Waals surface area contributed by atoms with Crippen molar-refractivity contribution in [2.45, 2.75) is 45.4 Å². The Morgan fingerprint density at radius 2 is 1.62 bits per heavy atom. The lowest BCUT2D eigenvalue weighted by atomic mass is 9.89. The average Bonchev–Trinajstić information content (AvgIpc) is 2.76. The van der Waals surface area contributed by atoms with Crippen molar-refractivity contribution >= 4 is 18.7 Å². The van der Waals surface area contributed by atoms with Gasteiger partial charge < -0.3 is 14.2 Å². The quantitative estimate of drug-likeness (QED) is 0.808. The number of nitrogens with zero attached hydrogens (tertiary/aromatic N) is 3. The summed E-state index contributed by atoms with van der Waals surface area (Å²) in [4.78, 5) is 11.1. The van der Waals surface area contributed by atoms with E-state index in [1.807, 2.05) is 59.0 Å². The summed E-state index contributed by atoms with van der Waals surface area (Å²) >= 11 is 0. The predicted molar refractivity (Wildman–Crippen MR) is 96.3 cm³/mol. The fourth-order valence-corrected chi connectivity index (χ4v) is 2.58. The summed E-state index contributed by atoms with van der Waals surface area (Å²) < 4.78 is 12.1. The molecule has 1 fully saturated rings. The van der Waals surface area contributed by atoms with E-state index >= 15 is 0 Å². The highest BCUT2D eigenvalue weighted by Gasteiger charge is 2.53. The van der Waals surface area contributed by atoms with Crippen LogP contribution in [-0.4, -0.2) is 35.3 Å². The van der Waals surface area contributed by atoms with Crippen LogP contribution in [0.25, 0.3) is 0 Å². The van der Waals surface area contributed by atoms with Gasteiger partial charge >= 0.3 is 7.12 Å². The summed E-state index contributed by atoms with van der Waals surface area (Å²) in [5.41, 5.74) is 1.00. The van der Waals surface area contributed by atoms with Crippen molar-refractivity contribution in [3.63, 3.8) is 0 Å². The maximum Gasteiger partial charge on any atom is 0.534 e. The normalized spacial score (nSPS) is 18.6. The Morgan fingerprint density at radius 3 is 2.25 bits per heavy atom. The molecule has 0 N–H and O–H groups in total. The topological polar surface area (TPSA) is 47.5 Å². The second-order valence-electron chi connectivity index (χ2n) is 7.20. The molecule has 0 atom stereocenters. The van der Waals surface area contributed by atoms with Crippen molar-refractivity contribution in [3.8, 4) is 0 Å². The Bertz CT molecular complexity index is 690. The lowest BCUT2D eigenvalue weighted by molar-refractivity contribution is 0.00578. The SMILES string of the molecule is CN(Cc1ccccc1)c1ccnc(B2OC(C)(C)C(C)(C)O2)n1. The third kappa shape index (κ3) is 3.30. The van der Waals surface area contributed by atoms with Gasteiger partial charge in [0.05, 0.1) is 11.2 Å². The molecule has 0 aliphatic carbocycles. The van der Waals surface area contributed by atoms with Gasteiger partial charge in [0, 0.05) is 19.8 Å². The molecule has 2 aromatic rings. The molecule has 0 radical (unpaired) electrons. The largest absolute Gasteiger partial charge is 0.534 e. The smallest absolute Gasteiger partial charge is 0.397 e. The van der Waals surface area contributed by atoms with Gasteiger partial charge in [-0.1, -0.05) is 30.3 Å². The molecule has 0 spiro atoms. The molecule has 0 saturated carbocycles. The van der Waals surface area contributed by atoms with Crippen LogP contribution in [0.3, 0.4) is 0 Å². The molecule has 3 rings (SSSR count). The van der Waals surface area contributed by atoms with Crippen LogP contribution >= 0.6 is 0 Å². The first kappa shape index (κ1) is 16.9. The van der Waals surface area contributed by atoms with E-state index in [1.165, 1.54) is 5.56 Å². The van der Waals surface area contributed by atoms with Gasteiger partial charge in [0.2, 0.25) is 0 Å². The van der Waals surface area contributed by atoms with E-state index in [4.69, 9.17) is 9.31 Å². The Balaban J connectivity index is 1.78. The molecule has 1 saturated heterocycles. The lowest BCUT2D eigenvalue weighted by Crippen LogP contribution is -2.41. The Kier molecular flexibility index (Phi) is 4.36. The molecule has 0 bridgehead atoms. The maximum atomic E-state index is 6.04. The monoisotopic (exact) mass is 325 g/mol. The second-order valence-corrected chi connectivity index (χ2v) is 7.20. The van der Waals surface area contributed by atoms with Crippen LogP contribution in [0.15, 0.2) is 42.6 Å². The summed E-state index contributed by atoms with van der Waals surface area (Å²) in [7, 11) is 1.48. The van der Waals surface area contributed by atoms with Crippen LogP contribution in [0.4, 0.5) is 5.82 Å². The van der Waals surface area contributed by atoms with E-state index in [1.54, 1.807) is 6.20 Å². The van der Waals surface area contributed by atoms with Gasteiger partial charge in [-0.3, -0.25) is 0 Å². The van der Waals surface area contributed by atoms with Crippen molar-refractivity contribution in [3.05, 3.63) is 48.2 Å². The van der Waals surface area contributed by atoms with Gasteiger partial charge in [-0.15, -0.1) is 0 Å². The van der Waals surface area contributed by atoms with Crippen molar-refractivity contribution in [2.75, 3.05) is 11.9 Å². The fourth-order valence-electron chi connectivity index (χ4n) is 2.58. The molecule has 6 heteroatoms. The number of hydrogen-bond donors (Lipinski definition) is 0. The average molecular weight is 325 g/mol. The predicted octanol–water partition coefficient (Wildman–Crippen LogP) is 2.41. The molecule has 1 aromatic carbocycles. The molecule has 2 heterocycles. The van der Waals surface area contributed by atoms with Crippen LogP contribution < -0.4 is 10.6 Å². The Labute approximate surface area is 144 Å². The van der Waals surface area contributed by atoms with E-state index in [9.17, 15) is 0 Å². The zero-order valence-electron chi connectivity index (χ0n) is 15.0. The minimum atomic E-state index is -0.542. The highest BCUT2D eigenvalue weighted by Crippen LogP contribution is 2.36. The van der Waals surface area contributed by atoms with E-state index in [0.29, 0.717) is 5.72 Å². The molecule has 0 unspecified atom stereocenters. The van der Waals surface area contributed by atoms with Crippen LogP contribution in [-0.2, 0) is 15.9 Å². The van der Waals surface area contributed by atoms with Crippen molar-refractivity contribution in [1.29, 1.82) is 0 Å². The lowest BCUT2D eigenvalue weighted by Gasteiger charge is -2.32. The molecular formula is C18H24BN3O2. The summed E-state index contributed by atoms with van der Waals surface area (Å²) in [6, 6.07) is 12.2. The zero-order valence-corrected chi connectivity index (χ0v) is 15.0. The first-order valence-electron chi connectivity index (χ1n) is 8.22. The summed E-state index contributed by atoms with van der Waals surface area (Å²) in [6.07, 6.45) is 1.75. The van der Waals surface area contributed by atoms with E-state index in [-0.39, 0.29) is 0 Å². The van der Waals surface area contributed by atoms with Gasteiger partial charge in [0.15, 0.2) is 5.72 Å². The number of anilines is 1. The van der Waals surface area contributed by atoms with Crippen LogP contribution in [0, 0.1) is 0 Å². The standard InChI is InChI=1S/C18H24BN3O2/c1-17(2)18(3,4)24-19(23-17)16-20-12-11-15(21-16)22(5)13-14-9-7-6-8-10-14/h6-12H,13H2,1-5H3. The third-order valence-electron chi connectivity index (χ3n) is 4.78. The van der Waals surface area contributed by atoms with Crippen LogP contribution in [0.5, 0.6) is 0 Å². The minimum Gasteiger partial charge on any atom is -0.397 e. The minimum absolute atomic E-state index is 0.396. The van der Waals surface area contributed by atoms with Crippen molar-refractivity contribution in [2.24, 2.45) is 0 Å². The number of aromatic nitrogens is 2. The fraction of sp³-hybridized carbons (Fsp3) is 0.444. The maximum absolute atomic E-state index is 6.04. The van der Waals surface area contributed by atoms with Crippen LogP contribution in [0.2, 0.25) is 0 Å².